The number of carbonyl (C=O) groups is 3. The van der Waals surface area contributed by atoms with Gasteiger partial charge in [0.25, 0.3) is 0 Å². The minimum Gasteiger partial charge on any atom is -0.481 e. The highest BCUT2D eigenvalue weighted by atomic mass is 35.5. The van der Waals surface area contributed by atoms with E-state index in [-0.39, 0.29) is 6.42 Å². The number of carboxylic acid groups (broad SMARTS) is 3. The molecule has 0 heterocycles. The summed E-state index contributed by atoms with van der Waals surface area (Å²) in [7, 11) is 0. The van der Waals surface area contributed by atoms with Crippen molar-refractivity contribution in [3.8, 4) is 0 Å². The predicted molar refractivity (Wildman–Crippen MR) is 62.9 cm³/mol. The molecule has 0 aromatic rings. The summed E-state index contributed by atoms with van der Waals surface area (Å²) in [4.78, 5) is 28.6. The van der Waals surface area contributed by atoms with Crippen LogP contribution in [-0.2, 0) is 14.4 Å². The highest BCUT2D eigenvalue weighted by molar-refractivity contribution is 6.25. The lowest BCUT2D eigenvalue weighted by atomic mass is 10.4. The van der Waals surface area contributed by atoms with E-state index in [2.05, 4.69) is 13.2 Å². The summed E-state index contributed by atoms with van der Waals surface area (Å²) >= 11 is 4.76. The molecule has 0 amide bonds. The second-order valence-electron chi connectivity index (χ2n) is 2.05. The van der Waals surface area contributed by atoms with E-state index in [4.69, 9.17) is 26.9 Å². The zero-order chi connectivity index (χ0) is 14.3. The lowest BCUT2D eigenvalue weighted by Crippen LogP contribution is -1.91. The molecule has 0 bridgehead atoms. The normalized spacial score (nSPS) is 7.82. The Morgan fingerprint density at radius 1 is 1.00 bits per heavy atom. The van der Waals surface area contributed by atoms with Crippen molar-refractivity contribution in [3.63, 3.8) is 0 Å². The molecule has 3 N–H and O–H groups in total. The van der Waals surface area contributed by atoms with Crippen molar-refractivity contribution in [3.05, 3.63) is 36.9 Å². The molecule has 7 heteroatoms. The standard InChI is InChI=1S/C4H4O4.C4H6O2.C2H3Cl/c5-3(6)1-2-4(7)8;1-2-3-4(5)6;1-2-3/h1-2H,(H,5,6)(H,7,8);2H,1,3H2,(H,5,6);2H,1H2/b2-1-;;. The molecular formula is C10H13ClO6. The molecule has 0 rings (SSSR count). The summed E-state index contributed by atoms with van der Waals surface area (Å²) in [5.74, 6) is -3.34. The molecule has 0 saturated heterocycles. The molecule has 0 fully saturated rings. The summed E-state index contributed by atoms with van der Waals surface area (Å²) in [6, 6.07) is 0. The zero-order valence-corrected chi connectivity index (χ0v) is 9.63. The summed E-state index contributed by atoms with van der Waals surface area (Å²) in [6.45, 7) is 6.35. The number of carboxylic acids is 3. The van der Waals surface area contributed by atoms with Gasteiger partial charge in [-0.3, -0.25) is 4.79 Å². The number of halogens is 1. The maximum Gasteiger partial charge on any atom is 0.328 e. The Hall–Kier alpha value is -2.08. The summed E-state index contributed by atoms with van der Waals surface area (Å²) in [6.07, 6.45) is 2.52. The molecule has 0 spiro atoms. The SMILES string of the molecule is C=CCC(=O)O.C=CCl.O=C(O)/C=C\C(=O)O. The number of hydrogen-bond acceptors (Lipinski definition) is 3. The lowest BCUT2D eigenvalue weighted by molar-refractivity contribution is -0.136. The van der Waals surface area contributed by atoms with E-state index >= 15 is 0 Å². The third kappa shape index (κ3) is 56.4. The van der Waals surface area contributed by atoms with Crippen molar-refractivity contribution in [2.45, 2.75) is 6.42 Å². The fourth-order valence-corrected chi connectivity index (χ4v) is 0.266. The minimum absolute atomic E-state index is 0.0556. The van der Waals surface area contributed by atoms with E-state index in [1.54, 1.807) is 0 Å². The van der Waals surface area contributed by atoms with Crippen LogP contribution < -0.4 is 0 Å². The van der Waals surface area contributed by atoms with Crippen molar-refractivity contribution >= 4 is 29.5 Å². The Morgan fingerprint density at radius 2 is 1.29 bits per heavy atom. The molecule has 6 nitrogen and oxygen atoms in total. The van der Waals surface area contributed by atoms with E-state index in [1.165, 1.54) is 11.6 Å². The van der Waals surface area contributed by atoms with Crippen LogP contribution >= 0.6 is 11.6 Å². The topological polar surface area (TPSA) is 112 Å². The predicted octanol–water partition coefficient (Wildman–Crippen LogP) is 1.73. The van der Waals surface area contributed by atoms with Crippen LogP contribution in [0, 0.1) is 0 Å². The van der Waals surface area contributed by atoms with Gasteiger partial charge in [0.1, 0.15) is 0 Å². The van der Waals surface area contributed by atoms with E-state index in [0.29, 0.717) is 12.2 Å². The molecule has 96 valence electrons. The van der Waals surface area contributed by atoms with Crippen LogP contribution in [0.5, 0.6) is 0 Å². The fraction of sp³-hybridized carbons (Fsp3) is 0.100. The Balaban J connectivity index is -0.000000193. The first-order chi connectivity index (χ1) is 7.81. The van der Waals surface area contributed by atoms with Crippen molar-refractivity contribution in [1.82, 2.24) is 0 Å². The highest BCUT2D eigenvalue weighted by Crippen LogP contribution is 1.74. The molecule has 0 aromatic carbocycles. The highest BCUT2D eigenvalue weighted by Gasteiger charge is 1.88. The third-order valence-corrected chi connectivity index (χ3v) is 0.687. The Kier molecular flexibility index (Phi) is 19.6. The van der Waals surface area contributed by atoms with Gasteiger partial charge >= 0.3 is 17.9 Å². The zero-order valence-electron chi connectivity index (χ0n) is 8.88. The Bertz CT molecular complexity index is 279. The van der Waals surface area contributed by atoms with Gasteiger partial charge in [0, 0.05) is 12.2 Å². The van der Waals surface area contributed by atoms with Gasteiger partial charge in [-0.15, -0.1) is 6.58 Å². The van der Waals surface area contributed by atoms with Gasteiger partial charge in [-0.05, 0) is 5.54 Å². The first kappa shape index (κ1) is 20.3. The maximum atomic E-state index is 9.55. The molecule has 0 aliphatic heterocycles. The van der Waals surface area contributed by atoms with E-state index in [0.717, 1.165) is 0 Å². The number of aliphatic carboxylic acids is 3. The summed E-state index contributed by atoms with van der Waals surface area (Å²) in [5.41, 5.74) is 1.22. The van der Waals surface area contributed by atoms with Crippen molar-refractivity contribution in [1.29, 1.82) is 0 Å². The molecule has 17 heavy (non-hydrogen) atoms. The minimum atomic E-state index is -1.26. The smallest absolute Gasteiger partial charge is 0.328 e. The molecule has 0 aromatic heterocycles. The van der Waals surface area contributed by atoms with Crippen molar-refractivity contribution in [2.75, 3.05) is 0 Å². The Morgan fingerprint density at radius 3 is 1.35 bits per heavy atom. The number of hydrogen-bond donors (Lipinski definition) is 3. The lowest BCUT2D eigenvalue weighted by Gasteiger charge is -1.75. The quantitative estimate of drug-likeness (QED) is 0.526. The van der Waals surface area contributed by atoms with Crippen LogP contribution in [-0.4, -0.2) is 33.2 Å². The molecule has 0 aliphatic rings. The molecule has 0 radical (unpaired) electrons. The van der Waals surface area contributed by atoms with Gasteiger partial charge in [0.2, 0.25) is 0 Å². The average Bonchev–Trinajstić information content (AvgIpc) is 2.16. The molecular weight excluding hydrogens is 252 g/mol. The molecule has 0 aliphatic carbocycles. The molecule has 0 atom stereocenters. The van der Waals surface area contributed by atoms with Gasteiger partial charge in [-0.25, -0.2) is 9.59 Å². The van der Waals surface area contributed by atoms with Crippen LogP contribution in [0.3, 0.4) is 0 Å². The fourth-order valence-electron chi connectivity index (χ4n) is 0.266. The van der Waals surface area contributed by atoms with E-state index < -0.39 is 17.9 Å². The van der Waals surface area contributed by atoms with Gasteiger partial charge in [-0.1, -0.05) is 24.3 Å². The molecule has 0 saturated carbocycles. The summed E-state index contributed by atoms with van der Waals surface area (Å²) in [5, 5.41) is 23.5. The second-order valence-corrected chi connectivity index (χ2v) is 2.36. The van der Waals surface area contributed by atoms with Crippen LogP contribution in [0.2, 0.25) is 0 Å². The molecule has 0 unspecified atom stereocenters. The third-order valence-electron chi connectivity index (χ3n) is 0.687. The van der Waals surface area contributed by atoms with Gasteiger partial charge in [0.15, 0.2) is 0 Å². The number of rotatable bonds is 4. The van der Waals surface area contributed by atoms with Gasteiger partial charge < -0.3 is 15.3 Å². The monoisotopic (exact) mass is 264 g/mol. The first-order valence-corrected chi connectivity index (χ1v) is 4.43. The van der Waals surface area contributed by atoms with E-state index in [9.17, 15) is 14.4 Å². The second kappa shape index (κ2) is 16.4. The van der Waals surface area contributed by atoms with Crippen molar-refractivity contribution < 1.29 is 29.7 Å². The average molecular weight is 265 g/mol. The summed E-state index contributed by atoms with van der Waals surface area (Å²) < 4.78 is 0. The van der Waals surface area contributed by atoms with Crippen LogP contribution in [0.15, 0.2) is 36.9 Å². The largest absolute Gasteiger partial charge is 0.481 e. The van der Waals surface area contributed by atoms with Crippen LogP contribution in [0.4, 0.5) is 0 Å². The van der Waals surface area contributed by atoms with Gasteiger partial charge in [0.05, 0.1) is 6.42 Å². The Labute approximate surface area is 103 Å². The first-order valence-electron chi connectivity index (χ1n) is 3.99. The van der Waals surface area contributed by atoms with Gasteiger partial charge in [-0.2, -0.15) is 0 Å². The van der Waals surface area contributed by atoms with Crippen LogP contribution in [0.1, 0.15) is 6.42 Å². The maximum absolute atomic E-state index is 9.55. The van der Waals surface area contributed by atoms with Crippen molar-refractivity contribution in [2.24, 2.45) is 0 Å². The van der Waals surface area contributed by atoms with E-state index in [1.807, 2.05) is 0 Å². The van der Waals surface area contributed by atoms with Crippen LogP contribution in [0.25, 0.3) is 0 Å².